The summed E-state index contributed by atoms with van der Waals surface area (Å²) >= 11 is 0. The van der Waals surface area contributed by atoms with Crippen LogP contribution in [0.5, 0.6) is 0 Å². The smallest absolute Gasteiger partial charge is 0.317 e. The molecule has 0 aliphatic heterocycles. The maximum absolute atomic E-state index is 12.0. The van der Waals surface area contributed by atoms with Crippen molar-refractivity contribution in [3.8, 4) is 0 Å². The Morgan fingerprint density at radius 1 is 1.26 bits per heavy atom. The highest BCUT2D eigenvalue weighted by molar-refractivity contribution is 5.74. The molecule has 1 rings (SSSR count). The molecule has 0 aromatic heterocycles. The first kappa shape index (κ1) is 16.2. The summed E-state index contributed by atoms with van der Waals surface area (Å²) in [5, 5.41) is 12.1. The number of likely N-dealkylation sites (N-methyl/N-ethyl adjacent to an activating group) is 1. The van der Waals surface area contributed by atoms with Crippen LogP contribution in [-0.2, 0) is 0 Å². The minimum absolute atomic E-state index is 0.000501. The Bertz CT molecular complexity index is 276. The lowest BCUT2D eigenvalue weighted by Crippen LogP contribution is -2.48. The predicted molar refractivity (Wildman–Crippen MR) is 77.1 cm³/mol. The third-order valence-electron chi connectivity index (χ3n) is 4.04. The molecule has 5 nitrogen and oxygen atoms in total. The number of hydrogen-bond donors (Lipinski definition) is 2. The van der Waals surface area contributed by atoms with Crippen LogP contribution in [0.4, 0.5) is 4.79 Å². The fourth-order valence-electron chi connectivity index (χ4n) is 2.60. The molecule has 1 atom stereocenters. The van der Waals surface area contributed by atoms with Crippen molar-refractivity contribution in [2.75, 3.05) is 34.3 Å². The molecule has 1 unspecified atom stereocenters. The fourth-order valence-corrected chi connectivity index (χ4v) is 2.60. The topological polar surface area (TPSA) is 55.8 Å². The first-order valence-electron chi connectivity index (χ1n) is 7.23. The minimum Gasteiger partial charge on any atom is -0.394 e. The van der Waals surface area contributed by atoms with E-state index in [1.165, 1.54) is 12.8 Å². The van der Waals surface area contributed by atoms with Gasteiger partial charge in [-0.15, -0.1) is 0 Å². The molecule has 1 saturated carbocycles. The standard InChI is InChI=1S/C14H29N3O2/c1-11(10-18)17(4)14(19)15-13-7-5-12(6-8-13)9-16(2)3/h11-13,18H,5-10H2,1-4H3,(H,15,19). The summed E-state index contributed by atoms with van der Waals surface area (Å²) < 4.78 is 0. The number of nitrogens with zero attached hydrogens (tertiary/aromatic N) is 2. The van der Waals surface area contributed by atoms with Crippen molar-refractivity contribution in [3.05, 3.63) is 0 Å². The Kier molecular flexibility index (Phi) is 6.58. The molecule has 1 aliphatic carbocycles. The number of rotatable bonds is 5. The Morgan fingerprint density at radius 2 is 1.84 bits per heavy atom. The third-order valence-corrected chi connectivity index (χ3v) is 4.04. The van der Waals surface area contributed by atoms with Crippen LogP contribution in [0.1, 0.15) is 32.6 Å². The van der Waals surface area contributed by atoms with E-state index >= 15 is 0 Å². The Morgan fingerprint density at radius 3 is 2.32 bits per heavy atom. The average Bonchev–Trinajstić information content (AvgIpc) is 2.38. The van der Waals surface area contributed by atoms with E-state index < -0.39 is 0 Å². The van der Waals surface area contributed by atoms with Gasteiger partial charge >= 0.3 is 6.03 Å². The van der Waals surface area contributed by atoms with Gasteiger partial charge in [0.15, 0.2) is 0 Å². The molecule has 19 heavy (non-hydrogen) atoms. The summed E-state index contributed by atoms with van der Waals surface area (Å²) in [5.41, 5.74) is 0. The lowest BCUT2D eigenvalue weighted by atomic mass is 9.86. The quantitative estimate of drug-likeness (QED) is 0.788. The largest absolute Gasteiger partial charge is 0.394 e. The highest BCUT2D eigenvalue weighted by Crippen LogP contribution is 2.24. The van der Waals surface area contributed by atoms with Gasteiger partial charge < -0.3 is 20.2 Å². The molecule has 1 aliphatic rings. The van der Waals surface area contributed by atoms with Crippen LogP contribution >= 0.6 is 0 Å². The molecule has 0 spiro atoms. The summed E-state index contributed by atoms with van der Waals surface area (Å²) in [4.78, 5) is 15.8. The van der Waals surface area contributed by atoms with Gasteiger partial charge in [0.05, 0.1) is 12.6 Å². The molecule has 0 heterocycles. The van der Waals surface area contributed by atoms with Crippen LogP contribution < -0.4 is 5.32 Å². The van der Waals surface area contributed by atoms with Gasteiger partial charge in [0.25, 0.3) is 0 Å². The zero-order valence-electron chi connectivity index (χ0n) is 12.7. The van der Waals surface area contributed by atoms with Crippen molar-refractivity contribution >= 4 is 6.03 Å². The molecule has 0 saturated heterocycles. The number of carbonyl (C=O) groups excluding carboxylic acids is 1. The Balaban J connectivity index is 2.30. The molecular weight excluding hydrogens is 242 g/mol. The van der Waals surface area contributed by atoms with E-state index in [1.54, 1.807) is 11.9 Å². The van der Waals surface area contributed by atoms with Crippen molar-refractivity contribution in [2.45, 2.75) is 44.7 Å². The summed E-state index contributed by atoms with van der Waals surface area (Å²) in [5.74, 6) is 0.761. The van der Waals surface area contributed by atoms with Crippen molar-refractivity contribution in [1.29, 1.82) is 0 Å². The summed E-state index contributed by atoms with van der Waals surface area (Å²) in [6, 6.07) is 0.0851. The molecule has 1 fully saturated rings. The van der Waals surface area contributed by atoms with Gasteiger partial charge in [0, 0.05) is 19.6 Å². The molecule has 0 radical (unpaired) electrons. The highest BCUT2D eigenvalue weighted by Gasteiger charge is 2.24. The number of aliphatic hydroxyl groups excluding tert-OH is 1. The molecule has 0 aromatic carbocycles. The third kappa shape index (κ3) is 5.37. The molecule has 2 N–H and O–H groups in total. The van der Waals surface area contributed by atoms with Crippen LogP contribution in [0.2, 0.25) is 0 Å². The minimum atomic E-state index is -0.134. The maximum atomic E-state index is 12.0. The van der Waals surface area contributed by atoms with Crippen LogP contribution in [0.3, 0.4) is 0 Å². The molecule has 0 aromatic rings. The van der Waals surface area contributed by atoms with Gasteiger partial charge in [-0.1, -0.05) is 0 Å². The molecule has 5 heteroatoms. The molecular formula is C14H29N3O2. The van der Waals surface area contributed by atoms with Gasteiger partial charge in [-0.25, -0.2) is 4.79 Å². The number of nitrogens with one attached hydrogen (secondary N) is 1. The van der Waals surface area contributed by atoms with Crippen molar-refractivity contribution in [1.82, 2.24) is 15.1 Å². The zero-order valence-corrected chi connectivity index (χ0v) is 12.7. The maximum Gasteiger partial charge on any atom is 0.317 e. The number of amides is 2. The summed E-state index contributed by atoms with van der Waals surface area (Å²) in [6.45, 7) is 2.98. The predicted octanol–water partition coefficient (Wildman–Crippen LogP) is 1.13. The Hall–Kier alpha value is -0.810. The average molecular weight is 271 g/mol. The van der Waals surface area contributed by atoms with Crippen molar-refractivity contribution in [2.24, 2.45) is 5.92 Å². The lowest BCUT2D eigenvalue weighted by Gasteiger charge is -2.32. The highest BCUT2D eigenvalue weighted by atomic mass is 16.3. The van der Waals surface area contributed by atoms with Crippen molar-refractivity contribution < 1.29 is 9.90 Å². The Labute approximate surface area is 117 Å². The first-order valence-corrected chi connectivity index (χ1v) is 7.23. The molecule has 0 bridgehead atoms. The number of hydrogen-bond acceptors (Lipinski definition) is 3. The van der Waals surface area contributed by atoms with Gasteiger partial charge in [-0.2, -0.15) is 0 Å². The van der Waals surface area contributed by atoms with E-state index in [9.17, 15) is 4.79 Å². The zero-order chi connectivity index (χ0) is 14.4. The van der Waals surface area contributed by atoms with E-state index in [2.05, 4.69) is 24.3 Å². The summed E-state index contributed by atoms with van der Waals surface area (Å²) in [7, 11) is 5.95. The van der Waals surface area contributed by atoms with E-state index in [4.69, 9.17) is 5.11 Å². The number of aliphatic hydroxyl groups is 1. The second-order valence-corrected chi connectivity index (χ2v) is 6.07. The van der Waals surface area contributed by atoms with Gasteiger partial charge in [0.1, 0.15) is 0 Å². The molecule has 112 valence electrons. The first-order chi connectivity index (χ1) is 8.93. The van der Waals surface area contributed by atoms with Crippen molar-refractivity contribution in [3.63, 3.8) is 0 Å². The van der Waals surface area contributed by atoms with E-state index in [-0.39, 0.29) is 18.7 Å². The summed E-state index contributed by atoms with van der Waals surface area (Å²) in [6.07, 6.45) is 4.49. The van der Waals surface area contributed by atoms with Gasteiger partial charge in [0.2, 0.25) is 0 Å². The van der Waals surface area contributed by atoms with Crippen LogP contribution in [0.25, 0.3) is 0 Å². The van der Waals surface area contributed by atoms with E-state index in [1.807, 2.05) is 6.92 Å². The molecule has 2 amide bonds. The SMILES string of the molecule is CC(CO)N(C)C(=O)NC1CCC(CN(C)C)CC1. The van der Waals surface area contributed by atoms with Crippen LogP contribution in [0.15, 0.2) is 0 Å². The second-order valence-electron chi connectivity index (χ2n) is 6.07. The second kappa shape index (κ2) is 7.70. The van der Waals surface area contributed by atoms with E-state index in [0.29, 0.717) is 6.04 Å². The normalized spacial score (nSPS) is 25.2. The van der Waals surface area contributed by atoms with Crippen LogP contribution in [0, 0.1) is 5.92 Å². The lowest BCUT2D eigenvalue weighted by molar-refractivity contribution is 0.150. The van der Waals surface area contributed by atoms with Gasteiger partial charge in [-0.3, -0.25) is 0 Å². The monoisotopic (exact) mass is 271 g/mol. The number of urea groups is 1. The number of carbonyl (C=O) groups is 1. The van der Waals surface area contributed by atoms with Gasteiger partial charge in [-0.05, 0) is 52.6 Å². The van der Waals surface area contributed by atoms with Crippen LogP contribution in [-0.4, -0.2) is 67.3 Å². The fraction of sp³-hybridized carbons (Fsp3) is 0.929. The van der Waals surface area contributed by atoms with E-state index in [0.717, 1.165) is 25.3 Å².